The van der Waals surface area contributed by atoms with Crippen molar-refractivity contribution < 1.29 is 8.58 Å². The SMILES string of the molecule is CC(=O)/C=C(\[O][Al]([Cl])[Cl])c1cccs1. The Labute approximate surface area is 99.2 Å². The summed E-state index contributed by atoms with van der Waals surface area (Å²) in [6.07, 6.45) is 1.40. The second-order valence-corrected chi connectivity index (χ2v) is 7.23. The van der Waals surface area contributed by atoms with E-state index >= 15 is 0 Å². The zero-order valence-electron chi connectivity index (χ0n) is 7.37. The molecule has 1 rings (SSSR count). The van der Waals surface area contributed by atoms with Crippen LogP contribution in [0.15, 0.2) is 23.6 Å². The maximum atomic E-state index is 10.9. The van der Waals surface area contributed by atoms with Gasteiger partial charge >= 0.3 is 12.6 Å². The molecule has 1 aromatic rings. The van der Waals surface area contributed by atoms with Crippen LogP contribution in [-0.2, 0) is 8.58 Å². The number of thiophene rings is 1. The maximum Gasteiger partial charge on any atom is 0.815 e. The highest BCUT2D eigenvalue weighted by molar-refractivity contribution is 7.31. The minimum atomic E-state index is -2.20. The molecule has 74 valence electrons. The summed E-state index contributed by atoms with van der Waals surface area (Å²) in [7, 11) is 11.2. The standard InChI is InChI=1S/C8H8O2S.Al.2ClH/c1-6(9)5-7(10)8-3-2-4-11-8;;;/h2-5,10H,1H3;;2*1H/q;+3;;/p-3/b7-5-;;;. The highest BCUT2D eigenvalue weighted by Gasteiger charge is 2.20. The minimum Gasteiger partial charge on any atom is -0.619 e. The van der Waals surface area contributed by atoms with Crippen molar-refractivity contribution in [2.45, 2.75) is 6.92 Å². The van der Waals surface area contributed by atoms with Gasteiger partial charge in [-0.15, -0.1) is 11.3 Å². The molecule has 0 spiro atoms. The average molecular weight is 265 g/mol. The molecule has 0 aromatic carbocycles. The van der Waals surface area contributed by atoms with Crippen LogP contribution in [-0.4, -0.2) is 18.4 Å². The third-order valence-corrected chi connectivity index (χ3v) is 3.17. The normalized spacial score (nSPS) is 11.2. The van der Waals surface area contributed by atoms with Crippen molar-refractivity contribution in [3.8, 4) is 0 Å². The predicted molar refractivity (Wildman–Crippen MR) is 61.5 cm³/mol. The Kier molecular flexibility index (Phi) is 5.01. The molecule has 0 bridgehead atoms. The zero-order valence-corrected chi connectivity index (χ0v) is 10.9. The van der Waals surface area contributed by atoms with E-state index < -0.39 is 12.6 Å². The third kappa shape index (κ3) is 4.04. The van der Waals surface area contributed by atoms with E-state index in [-0.39, 0.29) is 5.78 Å². The van der Waals surface area contributed by atoms with Gasteiger partial charge in [-0.25, -0.2) is 0 Å². The second-order valence-electron chi connectivity index (χ2n) is 2.48. The molecular weight excluding hydrogens is 258 g/mol. The number of ketones is 1. The fraction of sp³-hybridized carbons (Fsp3) is 0.125. The molecule has 0 radical (unpaired) electrons. The Morgan fingerprint density at radius 3 is 2.79 bits per heavy atom. The molecule has 0 saturated carbocycles. The van der Waals surface area contributed by atoms with Gasteiger partial charge in [0.1, 0.15) is 5.76 Å². The number of carbonyl (C=O) groups is 1. The largest absolute Gasteiger partial charge is 0.815 e. The Balaban J connectivity index is 2.88. The quantitative estimate of drug-likeness (QED) is 0.475. The van der Waals surface area contributed by atoms with Crippen LogP contribution in [0.1, 0.15) is 11.8 Å². The third-order valence-electron chi connectivity index (χ3n) is 1.31. The lowest BCUT2D eigenvalue weighted by molar-refractivity contribution is -0.112. The zero-order chi connectivity index (χ0) is 10.6. The van der Waals surface area contributed by atoms with Crippen LogP contribution in [0.2, 0.25) is 0 Å². The first-order valence-corrected chi connectivity index (χ1v) is 8.65. The van der Waals surface area contributed by atoms with E-state index in [2.05, 4.69) is 0 Å². The number of hydrogen-bond donors (Lipinski definition) is 0. The number of rotatable bonds is 4. The fourth-order valence-electron chi connectivity index (χ4n) is 0.863. The molecule has 14 heavy (non-hydrogen) atoms. The van der Waals surface area contributed by atoms with E-state index in [1.54, 1.807) is 0 Å². The van der Waals surface area contributed by atoms with Gasteiger partial charge in [0, 0.05) is 6.08 Å². The highest BCUT2D eigenvalue weighted by atomic mass is 35.7. The molecular formula is C8H7AlCl2O2S. The Morgan fingerprint density at radius 2 is 2.36 bits per heavy atom. The van der Waals surface area contributed by atoms with Crippen molar-refractivity contribution in [1.82, 2.24) is 0 Å². The molecule has 6 heteroatoms. The van der Waals surface area contributed by atoms with Gasteiger partial charge in [0.15, 0.2) is 5.78 Å². The number of allylic oxidation sites excluding steroid dienone is 1. The van der Waals surface area contributed by atoms with Crippen LogP contribution in [0.25, 0.3) is 5.76 Å². The fourth-order valence-corrected chi connectivity index (χ4v) is 2.59. The summed E-state index contributed by atoms with van der Waals surface area (Å²) >= 11 is -0.727. The number of halogens is 2. The van der Waals surface area contributed by atoms with Crippen molar-refractivity contribution in [2.24, 2.45) is 0 Å². The van der Waals surface area contributed by atoms with Crippen LogP contribution >= 0.6 is 31.4 Å². The van der Waals surface area contributed by atoms with E-state index in [1.165, 1.54) is 24.3 Å². The van der Waals surface area contributed by atoms with Crippen LogP contribution in [0.4, 0.5) is 0 Å². The molecule has 0 aliphatic carbocycles. The lowest BCUT2D eigenvalue weighted by atomic mass is 10.3. The molecule has 0 saturated heterocycles. The average Bonchev–Trinajstić information content (AvgIpc) is 2.52. The van der Waals surface area contributed by atoms with Gasteiger partial charge in [-0.1, -0.05) is 6.07 Å². The van der Waals surface area contributed by atoms with Gasteiger partial charge in [0.05, 0.1) is 4.88 Å². The number of carbonyl (C=O) groups excluding carboxylic acids is 1. The molecule has 0 N–H and O–H groups in total. The molecule has 0 amide bonds. The van der Waals surface area contributed by atoms with Crippen molar-refractivity contribution in [2.75, 3.05) is 0 Å². The summed E-state index contributed by atoms with van der Waals surface area (Å²) in [6, 6.07) is 3.72. The van der Waals surface area contributed by atoms with Crippen LogP contribution in [0.3, 0.4) is 0 Å². The summed E-state index contributed by atoms with van der Waals surface area (Å²) in [5.41, 5.74) is 0. The summed E-state index contributed by atoms with van der Waals surface area (Å²) in [5.74, 6) is 0.380. The van der Waals surface area contributed by atoms with Gasteiger partial charge in [-0.2, -0.15) is 20.1 Å². The predicted octanol–water partition coefficient (Wildman–Crippen LogP) is 3.16. The van der Waals surface area contributed by atoms with Crippen molar-refractivity contribution in [3.05, 3.63) is 28.5 Å². The summed E-state index contributed by atoms with van der Waals surface area (Å²) < 4.78 is 5.23. The second kappa shape index (κ2) is 5.79. The van der Waals surface area contributed by atoms with Gasteiger partial charge in [-0.3, -0.25) is 4.79 Å². The molecule has 0 aliphatic rings. The van der Waals surface area contributed by atoms with Gasteiger partial charge < -0.3 is 3.79 Å². The van der Waals surface area contributed by atoms with Crippen LogP contribution in [0.5, 0.6) is 0 Å². The first kappa shape index (κ1) is 12.1. The summed E-state index contributed by atoms with van der Waals surface area (Å²) in [6.45, 7) is 1.45. The molecule has 0 atom stereocenters. The minimum absolute atomic E-state index is 0.0867. The molecule has 0 aliphatic heterocycles. The van der Waals surface area contributed by atoms with E-state index in [4.69, 9.17) is 23.9 Å². The van der Waals surface area contributed by atoms with E-state index in [0.717, 1.165) is 4.88 Å². The molecule has 1 aromatic heterocycles. The maximum absolute atomic E-state index is 10.9. The van der Waals surface area contributed by atoms with Gasteiger partial charge in [-0.05, 0) is 18.4 Å². The molecule has 1 heterocycles. The van der Waals surface area contributed by atoms with Crippen LogP contribution in [0, 0.1) is 0 Å². The van der Waals surface area contributed by atoms with Crippen molar-refractivity contribution >= 4 is 55.6 Å². The van der Waals surface area contributed by atoms with Crippen LogP contribution < -0.4 is 0 Å². The smallest absolute Gasteiger partial charge is 0.619 e. The Morgan fingerprint density at radius 1 is 1.64 bits per heavy atom. The summed E-state index contributed by atoms with van der Waals surface area (Å²) in [4.78, 5) is 11.8. The lowest BCUT2D eigenvalue weighted by Crippen LogP contribution is -2.01. The van der Waals surface area contributed by atoms with E-state index in [9.17, 15) is 4.79 Å². The first-order valence-electron chi connectivity index (χ1n) is 3.80. The first-order chi connectivity index (χ1) is 6.59. The molecule has 0 unspecified atom stereocenters. The van der Waals surface area contributed by atoms with E-state index in [1.807, 2.05) is 17.5 Å². The molecule has 2 nitrogen and oxygen atoms in total. The number of hydrogen-bond acceptors (Lipinski definition) is 3. The van der Waals surface area contributed by atoms with Gasteiger partial charge in [0.2, 0.25) is 0 Å². The topological polar surface area (TPSA) is 26.3 Å². The van der Waals surface area contributed by atoms with Crippen molar-refractivity contribution in [1.29, 1.82) is 0 Å². The highest BCUT2D eigenvalue weighted by Crippen LogP contribution is 2.23. The summed E-state index contributed by atoms with van der Waals surface area (Å²) in [5, 5.41) is 1.89. The van der Waals surface area contributed by atoms with Gasteiger partial charge in [0.25, 0.3) is 0 Å². The Hall–Kier alpha value is 0.0225. The van der Waals surface area contributed by atoms with Crippen molar-refractivity contribution in [3.63, 3.8) is 0 Å². The monoisotopic (exact) mass is 264 g/mol. The van der Waals surface area contributed by atoms with E-state index in [0.29, 0.717) is 5.76 Å². The Bertz CT molecular complexity index is 335. The lowest BCUT2D eigenvalue weighted by Gasteiger charge is -2.07. The molecule has 0 fully saturated rings.